The number of nitrogens with two attached hydrogens (primary N) is 1. The van der Waals surface area contributed by atoms with Crippen LogP contribution in [0.2, 0.25) is 0 Å². The summed E-state index contributed by atoms with van der Waals surface area (Å²) in [6, 6.07) is 5.86. The van der Waals surface area contributed by atoms with Gasteiger partial charge in [0.1, 0.15) is 11.6 Å². The molecule has 1 amide bonds. The quantitative estimate of drug-likeness (QED) is 0.781. The second-order valence-electron chi connectivity index (χ2n) is 4.00. The van der Waals surface area contributed by atoms with Gasteiger partial charge in [-0.3, -0.25) is 4.79 Å². The molecule has 1 atom stereocenters. The fraction of sp³-hybridized carbons (Fsp3) is 0.417. The summed E-state index contributed by atoms with van der Waals surface area (Å²) in [5.74, 6) is -0.357. The number of primary amides is 1. The van der Waals surface area contributed by atoms with Crippen molar-refractivity contribution in [2.45, 2.75) is 18.9 Å². The smallest absolute Gasteiger partial charge is 0.237 e. The SMILES string of the molecule is CNC(C)(CCOc1cccc(F)c1)C(N)=O. The van der Waals surface area contributed by atoms with Crippen LogP contribution in [0.15, 0.2) is 24.3 Å². The van der Waals surface area contributed by atoms with Crippen LogP contribution in [0, 0.1) is 5.82 Å². The van der Waals surface area contributed by atoms with Gasteiger partial charge in [-0.15, -0.1) is 0 Å². The third kappa shape index (κ3) is 3.71. The van der Waals surface area contributed by atoms with E-state index in [4.69, 9.17) is 10.5 Å². The van der Waals surface area contributed by atoms with Crippen molar-refractivity contribution >= 4 is 5.91 Å². The van der Waals surface area contributed by atoms with E-state index in [1.807, 2.05) is 0 Å². The number of hydrogen-bond donors (Lipinski definition) is 2. The summed E-state index contributed by atoms with van der Waals surface area (Å²) in [6.45, 7) is 1.98. The van der Waals surface area contributed by atoms with Crippen LogP contribution < -0.4 is 15.8 Å². The largest absolute Gasteiger partial charge is 0.493 e. The molecule has 1 aromatic carbocycles. The van der Waals surface area contributed by atoms with Crippen LogP contribution >= 0.6 is 0 Å². The summed E-state index contributed by atoms with van der Waals surface area (Å²) in [5, 5.41) is 2.85. The molecule has 0 spiro atoms. The highest BCUT2D eigenvalue weighted by molar-refractivity contribution is 5.84. The average molecular weight is 240 g/mol. The molecule has 0 saturated carbocycles. The first kappa shape index (κ1) is 13.4. The lowest BCUT2D eigenvalue weighted by molar-refractivity contribution is -0.124. The van der Waals surface area contributed by atoms with E-state index in [9.17, 15) is 9.18 Å². The monoisotopic (exact) mass is 240 g/mol. The van der Waals surface area contributed by atoms with Crippen LogP contribution in [-0.4, -0.2) is 25.1 Å². The number of hydrogen-bond acceptors (Lipinski definition) is 3. The predicted octanol–water partition coefficient (Wildman–Crippen LogP) is 1.06. The lowest BCUT2D eigenvalue weighted by atomic mass is 9.98. The number of carbonyl (C=O) groups excluding carboxylic acids is 1. The summed E-state index contributed by atoms with van der Waals surface area (Å²) < 4.78 is 18.2. The van der Waals surface area contributed by atoms with E-state index in [1.54, 1.807) is 26.1 Å². The van der Waals surface area contributed by atoms with Crippen molar-refractivity contribution in [1.29, 1.82) is 0 Å². The topological polar surface area (TPSA) is 64.3 Å². The first-order valence-corrected chi connectivity index (χ1v) is 5.35. The third-order valence-corrected chi connectivity index (χ3v) is 2.76. The summed E-state index contributed by atoms with van der Waals surface area (Å²) in [5.41, 5.74) is 4.46. The van der Waals surface area contributed by atoms with Gasteiger partial charge in [-0.25, -0.2) is 4.39 Å². The molecular weight excluding hydrogens is 223 g/mol. The molecule has 5 heteroatoms. The molecule has 3 N–H and O–H groups in total. The molecule has 0 aliphatic carbocycles. The number of amides is 1. The van der Waals surface area contributed by atoms with Crippen molar-refractivity contribution in [3.8, 4) is 5.75 Å². The maximum Gasteiger partial charge on any atom is 0.237 e. The van der Waals surface area contributed by atoms with E-state index in [1.165, 1.54) is 12.1 Å². The highest BCUT2D eigenvalue weighted by Gasteiger charge is 2.28. The van der Waals surface area contributed by atoms with Gasteiger partial charge in [0.05, 0.1) is 12.1 Å². The van der Waals surface area contributed by atoms with Gasteiger partial charge < -0.3 is 15.8 Å². The van der Waals surface area contributed by atoms with E-state index in [-0.39, 0.29) is 12.4 Å². The zero-order valence-corrected chi connectivity index (χ0v) is 10.00. The lowest BCUT2D eigenvalue weighted by Gasteiger charge is -2.25. The molecule has 0 bridgehead atoms. The summed E-state index contributed by atoms with van der Waals surface area (Å²) >= 11 is 0. The van der Waals surface area contributed by atoms with Crippen LogP contribution in [0.4, 0.5) is 4.39 Å². The number of likely N-dealkylation sites (N-methyl/N-ethyl adjacent to an activating group) is 1. The van der Waals surface area contributed by atoms with Gasteiger partial charge >= 0.3 is 0 Å². The Morgan fingerprint density at radius 1 is 1.59 bits per heavy atom. The molecule has 0 aromatic heterocycles. The van der Waals surface area contributed by atoms with Gasteiger partial charge in [0.2, 0.25) is 5.91 Å². The van der Waals surface area contributed by atoms with Crippen molar-refractivity contribution in [3.63, 3.8) is 0 Å². The Kier molecular flexibility index (Phi) is 4.45. The molecule has 4 nitrogen and oxygen atoms in total. The van der Waals surface area contributed by atoms with Crippen LogP contribution in [-0.2, 0) is 4.79 Å². The molecule has 1 unspecified atom stereocenters. The Morgan fingerprint density at radius 2 is 2.29 bits per heavy atom. The highest BCUT2D eigenvalue weighted by atomic mass is 19.1. The maximum absolute atomic E-state index is 12.9. The van der Waals surface area contributed by atoms with Gasteiger partial charge in [-0.05, 0) is 26.1 Å². The van der Waals surface area contributed by atoms with E-state index < -0.39 is 11.4 Å². The van der Waals surface area contributed by atoms with E-state index >= 15 is 0 Å². The molecule has 0 aliphatic rings. The van der Waals surface area contributed by atoms with Crippen LogP contribution in [0.25, 0.3) is 0 Å². The zero-order valence-electron chi connectivity index (χ0n) is 10.00. The van der Waals surface area contributed by atoms with Gasteiger partial charge in [0, 0.05) is 12.5 Å². The second-order valence-corrected chi connectivity index (χ2v) is 4.00. The van der Waals surface area contributed by atoms with Crippen LogP contribution in [0.1, 0.15) is 13.3 Å². The minimum absolute atomic E-state index is 0.281. The lowest BCUT2D eigenvalue weighted by Crippen LogP contribution is -2.52. The van der Waals surface area contributed by atoms with Crippen molar-refractivity contribution in [2.24, 2.45) is 5.73 Å². The van der Waals surface area contributed by atoms with Gasteiger partial charge in [-0.2, -0.15) is 0 Å². The first-order chi connectivity index (χ1) is 7.98. The molecular formula is C12H17FN2O2. The third-order valence-electron chi connectivity index (χ3n) is 2.76. The fourth-order valence-electron chi connectivity index (χ4n) is 1.30. The van der Waals surface area contributed by atoms with Crippen molar-refractivity contribution in [1.82, 2.24) is 5.32 Å². The Bertz CT molecular complexity index is 398. The van der Waals surface area contributed by atoms with E-state index in [0.29, 0.717) is 12.2 Å². The standard InChI is InChI=1S/C12H17FN2O2/c1-12(15-2,11(14)16)6-7-17-10-5-3-4-9(13)8-10/h3-5,8,15H,6-7H2,1-2H3,(H2,14,16). The molecule has 0 heterocycles. The molecule has 0 aliphatic heterocycles. The van der Waals surface area contributed by atoms with Crippen molar-refractivity contribution in [3.05, 3.63) is 30.1 Å². The zero-order chi connectivity index (χ0) is 12.9. The van der Waals surface area contributed by atoms with Crippen molar-refractivity contribution < 1.29 is 13.9 Å². The first-order valence-electron chi connectivity index (χ1n) is 5.35. The summed E-state index contributed by atoms with van der Waals surface area (Å²) in [4.78, 5) is 11.2. The number of carbonyl (C=O) groups is 1. The Balaban J connectivity index is 2.50. The fourth-order valence-corrected chi connectivity index (χ4v) is 1.30. The summed E-state index contributed by atoms with van der Waals surface area (Å²) in [7, 11) is 1.66. The van der Waals surface area contributed by atoms with Crippen LogP contribution in [0.3, 0.4) is 0 Å². The van der Waals surface area contributed by atoms with Gasteiger partial charge in [-0.1, -0.05) is 6.07 Å². The normalized spacial score (nSPS) is 14.1. The molecule has 0 saturated heterocycles. The molecule has 0 fully saturated rings. The number of rotatable bonds is 6. The van der Waals surface area contributed by atoms with E-state index in [2.05, 4.69) is 5.32 Å². The van der Waals surface area contributed by atoms with Gasteiger partial charge in [0.15, 0.2) is 0 Å². The Morgan fingerprint density at radius 3 is 2.82 bits per heavy atom. The highest BCUT2D eigenvalue weighted by Crippen LogP contribution is 2.14. The van der Waals surface area contributed by atoms with Gasteiger partial charge in [0.25, 0.3) is 0 Å². The summed E-state index contributed by atoms with van der Waals surface area (Å²) in [6.07, 6.45) is 0.412. The number of ether oxygens (including phenoxy) is 1. The predicted molar refractivity (Wildman–Crippen MR) is 63.2 cm³/mol. The van der Waals surface area contributed by atoms with E-state index in [0.717, 1.165) is 0 Å². The molecule has 1 rings (SSSR count). The Hall–Kier alpha value is -1.62. The molecule has 1 aromatic rings. The van der Waals surface area contributed by atoms with Crippen molar-refractivity contribution in [2.75, 3.05) is 13.7 Å². The number of nitrogens with one attached hydrogen (secondary N) is 1. The average Bonchev–Trinajstić information content (AvgIpc) is 2.28. The Labute approximate surface area is 100.0 Å². The minimum Gasteiger partial charge on any atom is -0.493 e. The molecule has 94 valence electrons. The molecule has 0 radical (unpaired) electrons. The number of halogens is 1. The second kappa shape index (κ2) is 5.63. The molecule has 17 heavy (non-hydrogen) atoms. The number of benzene rings is 1. The van der Waals surface area contributed by atoms with Crippen LogP contribution in [0.5, 0.6) is 5.75 Å². The minimum atomic E-state index is -0.812. The maximum atomic E-state index is 12.9.